The van der Waals surface area contributed by atoms with Gasteiger partial charge in [0, 0.05) is 11.2 Å². The van der Waals surface area contributed by atoms with Crippen LogP contribution >= 0.6 is 11.6 Å². The van der Waals surface area contributed by atoms with Gasteiger partial charge in [0.25, 0.3) is 5.69 Å². The van der Waals surface area contributed by atoms with E-state index in [0.29, 0.717) is 16.2 Å². The lowest BCUT2D eigenvalue weighted by atomic mass is 10.1. The molecule has 0 fully saturated rings. The van der Waals surface area contributed by atoms with Gasteiger partial charge in [-0.15, -0.1) is 0 Å². The Labute approximate surface area is 142 Å². The topological polar surface area (TPSA) is 74.5 Å². The van der Waals surface area contributed by atoms with Gasteiger partial charge in [0.1, 0.15) is 6.61 Å². The van der Waals surface area contributed by atoms with Crippen LogP contribution in [0.4, 0.5) is 5.69 Å². The van der Waals surface area contributed by atoms with E-state index in [1.54, 1.807) is 24.3 Å². The van der Waals surface area contributed by atoms with E-state index < -0.39 is 4.92 Å². The van der Waals surface area contributed by atoms with Crippen LogP contribution in [0.15, 0.2) is 48.7 Å². The second-order valence-electron chi connectivity index (χ2n) is 5.00. The first-order valence-corrected chi connectivity index (χ1v) is 7.45. The highest BCUT2D eigenvalue weighted by atomic mass is 35.5. The van der Waals surface area contributed by atoms with Gasteiger partial charge in [-0.25, -0.2) is 4.98 Å². The minimum Gasteiger partial charge on any atom is -0.493 e. The van der Waals surface area contributed by atoms with Crippen molar-refractivity contribution in [1.82, 2.24) is 4.98 Å². The minimum atomic E-state index is -0.485. The zero-order valence-corrected chi connectivity index (χ0v) is 13.5. The molecule has 7 heteroatoms. The van der Waals surface area contributed by atoms with Gasteiger partial charge < -0.3 is 9.47 Å². The first-order valence-electron chi connectivity index (χ1n) is 7.07. The molecule has 2 aromatic carbocycles. The molecule has 0 unspecified atom stereocenters. The number of ether oxygens (including phenoxy) is 2. The van der Waals surface area contributed by atoms with Crippen LogP contribution in [0.1, 0.15) is 5.56 Å². The number of methoxy groups -OCH3 is 1. The fraction of sp³-hybridized carbons (Fsp3) is 0.118. The third kappa shape index (κ3) is 3.09. The summed E-state index contributed by atoms with van der Waals surface area (Å²) in [7, 11) is 1.44. The summed E-state index contributed by atoms with van der Waals surface area (Å²) < 4.78 is 11.1. The van der Waals surface area contributed by atoms with Crippen molar-refractivity contribution in [1.29, 1.82) is 0 Å². The maximum absolute atomic E-state index is 11.3. The minimum absolute atomic E-state index is 0.124. The lowest BCUT2D eigenvalue weighted by Gasteiger charge is -2.13. The normalized spacial score (nSPS) is 10.6. The molecule has 3 rings (SSSR count). The van der Waals surface area contributed by atoms with Crippen molar-refractivity contribution in [2.24, 2.45) is 0 Å². The molecule has 0 N–H and O–H groups in total. The van der Waals surface area contributed by atoms with E-state index in [4.69, 9.17) is 21.1 Å². The van der Waals surface area contributed by atoms with Crippen LogP contribution in [0, 0.1) is 10.1 Å². The standard InChI is InChI=1S/C17H13ClN2O4/c1-23-15-9-14(20(21)22)16-13(3-2-8-19-16)17(15)24-10-11-4-6-12(18)7-5-11/h2-9H,10H2,1H3. The van der Waals surface area contributed by atoms with Gasteiger partial charge in [0.15, 0.2) is 17.0 Å². The van der Waals surface area contributed by atoms with Crippen molar-refractivity contribution in [3.63, 3.8) is 0 Å². The molecule has 0 saturated carbocycles. The highest BCUT2D eigenvalue weighted by molar-refractivity contribution is 6.30. The van der Waals surface area contributed by atoms with Crippen molar-refractivity contribution in [2.75, 3.05) is 7.11 Å². The Kier molecular flexibility index (Phi) is 4.48. The number of hydrogen-bond acceptors (Lipinski definition) is 5. The van der Waals surface area contributed by atoms with Gasteiger partial charge >= 0.3 is 0 Å². The molecule has 24 heavy (non-hydrogen) atoms. The molecule has 0 aliphatic rings. The molecular formula is C17H13ClN2O4. The molecule has 1 heterocycles. The van der Waals surface area contributed by atoms with Crippen molar-refractivity contribution < 1.29 is 14.4 Å². The smallest absolute Gasteiger partial charge is 0.299 e. The van der Waals surface area contributed by atoms with Crippen LogP contribution in [0.3, 0.4) is 0 Å². The molecule has 3 aromatic rings. The number of pyridine rings is 1. The predicted molar refractivity (Wildman–Crippen MR) is 90.7 cm³/mol. The number of aromatic nitrogens is 1. The van der Waals surface area contributed by atoms with E-state index in [0.717, 1.165) is 5.56 Å². The van der Waals surface area contributed by atoms with E-state index in [9.17, 15) is 10.1 Å². The SMILES string of the molecule is COc1cc([N+](=O)[O-])c2ncccc2c1OCc1ccc(Cl)cc1. The number of fused-ring (bicyclic) bond motifs is 1. The van der Waals surface area contributed by atoms with E-state index in [-0.39, 0.29) is 23.6 Å². The Morgan fingerprint density at radius 1 is 1.25 bits per heavy atom. The Hall–Kier alpha value is -2.86. The zero-order valence-electron chi connectivity index (χ0n) is 12.7. The Morgan fingerprint density at radius 3 is 2.67 bits per heavy atom. The number of halogens is 1. The largest absolute Gasteiger partial charge is 0.493 e. The predicted octanol–water partition coefficient (Wildman–Crippen LogP) is 4.38. The molecule has 0 amide bonds. The Morgan fingerprint density at radius 2 is 2.00 bits per heavy atom. The number of rotatable bonds is 5. The fourth-order valence-corrected chi connectivity index (χ4v) is 2.49. The molecule has 0 saturated heterocycles. The molecule has 0 radical (unpaired) electrons. The highest BCUT2D eigenvalue weighted by Gasteiger charge is 2.21. The summed E-state index contributed by atoms with van der Waals surface area (Å²) in [5.41, 5.74) is 1.05. The van der Waals surface area contributed by atoms with Crippen LogP contribution in [0.5, 0.6) is 11.5 Å². The van der Waals surface area contributed by atoms with Crippen molar-refractivity contribution in [3.05, 3.63) is 69.4 Å². The maximum Gasteiger partial charge on any atom is 0.299 e. The summed E-state index contributed by atoms with van der Waals surface area (Å²) in [5, 5.41) is 12.4. The monoisotopic (exact) mass is 344 g/mol. The van der Waals surface area contributed by atoms with Gasteiger partial charge in [0.2, 0.25) is 0 Å². The number of non-ortho nitro benzene ring substituents is 1. The van der Waals surface area contributed by atoms with Gasteiger partial charge in [-0.1, -0.05) is 23.7 Å². The fourth-order valence-electron chi connectivity index (χ4n) is 2.36. The second-order valence-corrected chi connectivity index (χ2v) is 5.44. The summed E-state index contributed by atoms with van der Waals surface area (Å²) in [6.07, 6.45) is 1.50. The number of nitrogens with zero attached hydrogens (tertiary/aromatic N) is 2. The van der Waals surface area contributed by atoms with Crippen molar-refractivity contribution in [2.45, 2.75) is 6.61 Å². The van der Waals surface area contributed by atoms with Crippen LogP contribution in [0.25, 0.3) is 10.9 Å². The molecule has 1 aromatic heterocycles. The molecule has 0 aliphatic heterocycles. The van der Waals surface area contributed by atoms with Crippen LogP contribution in [0.2, 0.25) is 5.02 Å². The summed E-state index contributed by atoms with van der Waals surface area (Å²) in [6, 6.07) is 12.0. The summed E-state index contributed by atoms with van der Waals surface area (Å²) in [5.74, 6) is 0.706. The van der Waals surface area contributed by atoms with Crippen molar-refractivity contribution >= 4 is 28.2 Å². The Bertz CT molecular complexity index is 897. The summed E-state index contributed by atoms with van der Waals surface area (Å²) >= 11 is 5.87. The van der Waals surface area contributed by atoms with Gasteiger partial charge in [0.05, 0.1) is 23.5 Å². The molecule has 0 atom stereocenters. The van der Waals surface area contributed by atoms with E-state index in [2.05, 4.69) is 4.98 Å². The van der Waals surface area contributed by atoms with Crippen LogP contribution in [-0.2, 0) is 6.61 Å². The number of benzene rings is 2. The lowest BCUT2D eigenvalue weighted by Crippen LogP contribution is -2.01. The van der Waals surface area contributed by atoms with E-state index >= 15 is 0 Å². The maximum atomic E-state index is 11.3. The quantitative estimate of drug-likeness (QED) is 0.507. The zero-order chi connectivity index (χ0) is 17.1. The van der Waals surface area contributed by atoms with Gasteiger partial charge in [-0.3, -0.25) is 10.1 Å². The van der Waals surface area contributed by atoms with Crippen LogP contribution in [-0.4, -0.2) is 17.0 Å². The average Bonchev–Trinajstić information content (AvgIpc) is 2.60. The average molecular weight is 345 g/mol. The highest BCUT2D eigenvalue weighted by Crippen LogP contribution is 2.40. The van der Waals surface area contributed by atoms with Gasteiger partial charge in [-0.05, 0) is 29.8 Å². The molecule has 0 aliphatic carbocycles. The summed E-state index contributed by atoms with van der Waals surface area (Å²) in [6.45, 7) is 0.273. The third-order valence-corrected chi connectivity index (χ3v) is 3.75. The molecule has 0 spiro atoms. The van der Waals surface area contributed by atoms with Crippen LogP contribution < -0.4 is 9.47 Å². The van der Waals surface area contributed by atoms with E-state index in [1.165, 1.54) is 19.4 Å². The summed E-state index contributed by atoms with van der Waals surface area (Å²) in [4.78, 5) is 14.9. The molecule has 6 nitrogen and oxygen atoms in total. The first-order chi connectivity index (χ1) is 11.6. The third-order valence-electron chi connectivity index (χ3n) is 3.50. The second kappa shape index (κ2) is 6.72. The number of nitro benzene ring substituents is 1. The molecular weight excluding hydrogens is 332 g/mol. The number of nitro groups is 1. The van der Waals surface area contributed by atoms with Crippen molar-refractivity contribution in [3.8, 4) is 11.5 Å². The molecule has 122 valence electrons. The number of hydrogen-bond donors (Lipinski definition) is 0. The van der Waals surface area contributed by atoms with Gasteiger partial charge in [-0.2, -0.15) is 0 Å². The Balaban J connectivity index is 2.04. The lowest BCUT2D eigenvalue weighted by molar-refractivity contribution is -0.383. The van der Waals surface area contributed by atoms with E-state index in [1.807, 2.05) is 12.1 Å². The molecule has 0 bridgehead atoms. The first kappa shape index (κ1) is 16.0.